The molecule has 164 valence electrons. The summed E-state index contributed by atoms with van der Waals surface area (Å²) in [5.74, 6) is -1.21. The van der Waals surface area contributed by atoms with Crippen LogP contribution in [0.3, 0.4) is 0 Å². The van der Waals surface area contributed by atoms with Crippen LogP contribution in [0.4, 0.5) is 4.39 Å². The Hall–Kier alpha value is -2.85. The molecule has 3 heterocycles. The Morgan fingerprint density at radius 3 is 2.61 bits per heavy atom. The number of halogens is 1. The first-order chi connectivity index (χ1) is 14.7. The first kappa shape index (κ1) is 21.4. The van der Waals surface area contributed by atoms with Gasteiger partial charge in [0.2, 0.25) is 5.91 Å². The summed E-state index contributed by atoms with van der Waals surface area (Å²) in [6.07, 6.45) is 2.78. The van der Waals surface area contributed by atoms with E-state index in [1.807, 2.05) is 0 Å². The molecule has 0 spiro atoms. The van der Waals surface area contributed by atoms with E-state index in [9.17, 15) is 22.4 Å². The number of hydrogen-bond donors (Lipinski definition) is 2. The van der Waals surface area contributed by atoms with Crippen LogP contribution in [0.1, 0.15) is 34.8 Å². The number of likely N-dealkylation sites (tertiary alicyclic amines) is 1. The summed E-state index contributed by atoms with van der Waals surface area (Å²) in [6, 6.07) is 5.44. The van der Waals surface area contributed by atoms with Gasteiger partial charge in [-0.15, -0.1) is 0 Å². The molecule has 8 nitrogen and oxygen atoms in total. The molecule has 2 aliphatic heterocycles. The second-order valence-corrected chi connectivity index (χ2v) is 9.85. The number of benzene rings is 1. The molecule has 1 saturated heterocycles. The molecule has 31 heavy (non-hydrogen) atoms. The summed E-state index contributed by atoms with van der Waals surface area (Å²) in [5, 5.41) is 4.65. The van der Waals surface area contributed by atoms with Gasteiger partial charge in [0.1, 0.15) is 5.82 Å². The normalized spacial score (nSPS) is 20.9. The number of nitrogens with two attached hydrogens (primary N) is 1. The predicted molar refractivity (Wildman–Crippen MR) is 113 cm³/mol. The number of nitrogens with one attached hydrogen (secondary N) is 1. The van der Waals surface area contributed by atoms with Gasteiger partial charge in [0.15, 0.2) is 9.84 Å². The van der Waals surface area contributed by atoms with Crippen molar-refractivity contribution in [3.8, 4) is 0 Å². The number of sulfone groups is 1. The highest BCUT2D eigenvalue weighted by Crippen LogP contribution is 2.31. The average molecular weight is 447 g/mol. The van der Waals surface area contributed by atoms with E-state index in [1.165, 1.54) is 17.5 Å². The van der Waals surface area contributed by atoms with Gasteiger partial charge in [0.25, 0.3) is 5.91 Å². The van der Waals surface area contributed by atoms with Crippen LogP contribution in [0.15, 0.2) is 35.7 Å². The zero-order valence-electron chi connectivity index (χ0n) is 16.8. The van der Waals surface area contributed by atoms with E-state index in [0.29, 0.717) is 42.5 Å². The van der Waals surface area contributed by atoms with E-state index >= 15 is 0 Å². The van der Waals surface area contributed by atoms with Crippen molar-refractivity contribution in [1.82, 2.24) is 15.2 Å². The molecule has 1 aromatic carbocycles. The molecule has 4 rings (SSSR count). The molecular weight excluding hydrogens is 423 g/mol. The van der Waals surface area contributed by atoms with Crippen molar-refractivity contribution in [2.45, 2.75) is 24.8 Å². The van der Waals surface area contributed by atoms with E-state index in [2.05, 4.69) is 10.3 Å². The Morgan fingerprint density at radius 2 is 1.97 bits per heavy atom. The van der Waals surface area contributed by atoms with Crippen LogP contribution >= 0.6 is 0 Å². The molecule has 0 saturated carbocycles. The van der Waals surface area contributed by atoms with Gasteiger partial charge in [-0.2, -0.15) is 0 Å². The Bertz CT molecular complexity index is 1170. The number of fused-ring (bicyclic) bond motifs is 1. The number of carbonyl (C=O) groups excluding carboxylic acids is 2. The molecule has 1 fully saturated rings. The van der Waals surface area contributed by atoms with Gasteiger partial charge in [0.05, 0.1) is 29.1 Å². The Balaban J connectivity index is 1.41. The molecule has 2 aliphatic rings. The molecule has 0 aliphatic carbocycles. The minimum Gasteiger partial charge on any atom is -0.366 e. The van der Waals surface area contributed by atoms with Crippen molar-refractivity contribution in [2.75, 3.05) is 25.4 Å². The van der Waals surface area contributed by atoms with E-state index in [4.69, 9.17) is 5.73 Å². The zero-order chi connectivity index (χ0) is 22.2. The Kier molecular flexibility index (Phi) is 5.76. The lowest BCUT2D eigenvalue weighted by Crippen LogP contribution is -2.45. The first-order valence-electron chi connectivity index (χ1n) is 10.0. The van der Waals surface area contributed by atoms with Crippen molar-refractivity contribution in [1.29, 1.82) is 0 Å². The number of carbonyl (C=O) groups is 2. The van der Waals surface area contributed by atoms with Crippen molar-refractivity contribution in [3.63, 3.8) is 0 Å². The maximum absolute atomic E-state index is 13.5. The van der Waals surface area contributed by atoms with Crippen molar-refractivity contribution in [2.24, 2.45) is 5.73 Å². The summed E-state index contributed by atoms with van der Waals surface area (Å²) in [4.78, 5) is 30.8. The number of primary amides is 1. The van der Waals surface area contributed by atoms with Crippen LogP contribution in [-0.4, -0.2) is 61.5 Å². The summed E-state index contributed by atoms with van der Waals surface area (Å²) in [5.41, 5.74) is 7.00. The van der Waals surface area contributed by atoms with E-state index in [1.54, 1.807) is 23.1 Å². The monoisotopic (exact) mass is 446 g/mol. The fourth-order valence-corrected chi connectivity index (χ4v) is 5.38. The number of rotatable bonds is 5. The zero-order valence-corrected chi connectivity index (χ0v) is 17.6. The third-order valence-electron chi connectivity index (χ3n) is 5.75. The highest BCUT2D eigenvalue weighted by molar-refractivity contribution is 7.94. The van der Waals surface area contributed by atoms with Crippen LogP contribution in [0.2, 0.25) is 0 Å². The van der Waals surface area contributed by atoms with Crippen LogP contribution in [0, 0.1) is 5.82 Å². The number of aromatic nitrogens is 1. The highest BCUT2D eigenvalue weighted by atomic mass is 32.2. The average Bonchev–Trinajstić information content (AvgIpc) is 3.09. The molecule has 1 atom stereocenters. The molecule has 1 aromatic heterocycles. The van der Waals surface area contributed by atoms with E-state index in [-0.39, 0.29) is 35.7 Å². The summed E-state index contributed by atoms with van der Waals surface area (Å²) < 4.78 is 36.4. The third kappa shape index (κ3) is 4.75. The molecule has 2 amide bonds. The number of pyridine rings is 1. The molecule has 2 aromatic rings. The van der Waals surface area contributed by atoms with Crippen LogP contribution in [0.5, 0.6) is 0 Å². The lowest BCUT2D eigenvalue weighted by atomic mass is 9.89. The van der Waals surface area contributed by atoms with Crippen molar-refractivity contribution < 1.29 is 22.4 Å². The smallest absolute Gasteiger partial charge is 0.250 e. The fraction of sp³-hybridized carbons (Fsp3) is 0.381. The summed E-state index contributed by atoms with van der Waals surface area (Å²) >= 11 is 0. The predicted octanol–water partition coefficient (Wildman–Crippen LogP) is 1.08. The third-order valence-corrected chi connectivity index (χ3v) is 7.15. The van der Waals surface area contributed by atoms with Gasteiger partial charge in [-0.3, -0.25) is 14.6 Å². The van der Waals surface area contributed by atoms with Gasteiger partial charge in [-0.25, -0.2) is 12.8 Å². The molecule has 0 bridgehead atoms. The second kappa shape index (κ2) is 8.35. The Labute approximate surface area is 179 Å². The van der Waals surface area contributed by atoms with Crippen LogP contribution in [-0.2, 0) is 14.6 Å². The van der Waals surface area contributed by atoms with E-state index < -0.39 is 21.6 Å². The van der Waals surface area contributed by atoms with Gasteiger partial charge in [-0.1, -0.05) is 6.08 Å². The minimum atomic E-state index is -3.17. The van der Waals surface area contributed by atoms with Crippen molar-refractivity contribution >= 4 is 32.6 Å². The quantitative estimate of drug-likeness (QED) is 0.709. The molecular formula is C21H23FN4O4S. The SMILES string of the molecule is NC(=O)c1cc2cc(F)ccc2nc1C1CCN(C(=O)CN[C@H]2C=CS(=O)(=O)C2)CC1. The van der Waals surface area contributed by atoms with Gasteiger partial charge in [0, 0.05) is 35.8 Å². The molecule has 0 unspecified atom stereocenters. The number of amides is 2. The van der Waals surface area contributed by atoms with Crippen molar-refractivity contribution in [3.05, 3.63) is 52.8 Å². The lowest BCUT2D eigenvalue weighted by Gasteiger charge is -2.32. The van der Waals surface area contributed by atoms with Crippen LogP contribution in [0.25, 0.3) is 10.9 Å². The van der Waals surface area contributed by atoms with Gasteiger partial charge >= 0.3 is 0 Å². The minimum absolute atomic E-state index is 0.0320. The van der Waals surface area contributed by atoms with Gasteiger partial charge in [-0.05, 0) is 37.1 Å². The summed E-state index contributed by atoms with van der Waals surface area (Å²) in [6.45, 7) is 1.04. The molecule has 0 radical (unpaired) electrons. The topological polar surface area (TPSA) is 122 Å². The second-order valence-electron chi connectivity index (χ2n) is 7.92. The summed E-state index contributed by atoms with van der Waals surface area (Å²) in [7, 11) is -3.17. The number of hydrogen-bond acceptors (Lipinski definition) is 6. The van der Waals surface area contributed by atoms with Crippen LogP contribution < -0.4 is 11.1 Å². The first-order valence-corrected chi connectivity index (χ1v) is 11.8. The Morgan fingerprint density at radius 1 is 1.23 bits per heavy atom. The maximum Gasteiger partial charge on any atom is 0.250 e. The highest BCUT2D eigenvalue weighted by Gasteiger charge is 2.28. The maximum atomic E-state index is 13.5. The largest absolute Gasteiger partial charge is 0.366 e. The number of piperidine rings is 1. The van der Waals surface area contributed by atoms with E-state index in [0.717, 1.165) is 0 Å². The van der Waals surface area contributed by atoms with Gasteiger partial charge < -0.3 is 16.0 Å². The standard InChI is InChI=1S/C21H23FN4O4S/c22-15-1-2-18-14(9-15)10-17(21(23)28)20(25-18)13-3-6-26(7-4-13)19(27)11-24-16-5-8-31(29,30)12-16/h1-2,5,8-10,13,16,24H,3-4,6-7,11-12H2,(H2,23,28)/t16-/m0/s1. The molecule has 3 N–H and O–H groups in total. The lowest BCUT2D eigenvalue weighted by molar-refractivity contribution is -0.131. The fourth-order valence-electron chi connectivity index (χ4n) is 4.11. The molecule has 10 heteroatoms. The number of nitrogens with zero attached hydrogens (tertiary/aromatic N) is 2.